The molecule has 3 aromatic rings. The number of halogens is 2. The van der Waals surface area contributed by atoms with Crippen molar-refractivity contribution in [1.82, 2.24) is 4.72 Å². The van der Waals surface area contributed by atoms with Crippen LogP contribution in [0.3, 0.4) is 0 Å². The summed E-state index contributed by atoms with van der Waals surface area (Å²) < 4.78 is 38.1. The van der Waals surface area contributed by atoms with Crippen LogP contribution in [0.25, 0.3) is 0 Å². The molecule has 0 fully saturated rings. The van der Waals surface area contributed by atoms with Crippen LogP contribution in [0.2, 0.25) is 10.0 Å². The highest BCUT2D eigenvalue weighted by molar-refractivity contribution is 7.89. The molecule has 0 bridgehead atoms. The van der Waals surface area contributed by atoms with E-state index < -0.39 is 33.9 Å². The van der Waals surface area contributed by atoms with Crippen molar-refractivity contribution in [3.05, 3.63) is 93.5 Å². The first-order valence-electron chi connectivity index (χ1n) is 10.7. The number of nitrogens with one attached hydrogen (secondary N) is 2. The Morgan fingerprint density at radius 2 is 1.46 bits per heavy atom. The van der Waals surface area contributed by atoms with Crippen LogP contribution in [0.15, 0.2) is 71.6 Å². The van der Waals surface area contributed by atoms with Gasteiger partial charge in [0.2, 0.25) is 15.9 Å². The summed E-state index contributed by atoms with van der Waals surface area (Å²) in [6.45, 7) is 0. The molecule has 0 radical (unpaired) electrons. The van der Waals surface area contributed by atoms with E-state index in [1.165, 1.54) is 36.4 Å². The first-order chi connectivity index (χ1) is 17.5. The van der Waals surface area contributed by atoms with E-state index in [-0.39, 0.29) is 38.2 Å². The topological polar surface area (TPSA) is 128 Å². The highest BCUT2D eigenvalue weighted by Crippen LogP contribution is 2.25. The van der Waals surface area contributed by atoms with E-state index in [4.69, 9.17) is 32.7 Å². The summed E-state index contributed by atoms with van der Waals surface area (Å²) in [6, 6.07) is 15.2. The molecular weight excluding hydrogens is 543 g/mol. The molecule has 3 aromatic carbocycles. The number of esters is 2. The number of hydrogen-bond acceptors (Lipinski definition) is 7. The lowest BCUT2D eigenvalue weighted by molar-refractivity contribution is -0.117. The Kier molecular flexibility index (Phi) is 9.28. The summed E-state index contributed by atoms with van der Waals surface area (Å²) in [6.07, 6.45) is -0.0232. The van der Waals surface area contributed by atoms with Crippen LogP contribution in [-0.4, -0.2) is 46.5 Å². The predicted molar refractivity (Wildman–Crippen MR) is 138 cm³/mol. The molecule has 9 nitrogen and oxygen atoms in total. The third-order valence-corrected chi connectivity index (χ3v) is 7.31. The monoisotopic (exact) mass is 564 g/mol. The molecule has 0 unspecified atom stereocenters. The van der Waals surface area contributed by atoms with Crippen LogP contribution in [0.5, 0.6) is 0 Å². The molecule has 3 rings (SSSR count). The number of ether oxygens (including phenoxy) is 2. The van der Waals surface area contributed by atoms with Crippen molar-refractivity contribution in [3.8, 4) is 0 Å². The maximum Gasteiger partial charge on any atom is 0.337 e. The summed E-state index contributed by atoms with van der Waals surface area (Å²) in [5.74, 6) is -2.26. The van der Waals surface area contributed by atoms with E-state index >= 15 is 0 Å². The SMILES string of the molecule is COC(=O)c1cc(NC(=O)[C@@H](Cc2ccccc2)NS(=O)(=O)c2cc(Cl)ccc2Cl)cc(C(=O)OC)c1. The van der Waals surface area contributed by atoms with Gasteiger partial charge in [-0.3, -0.25) is 4.79 Å². The smallest absolute Gasteiger partial charge is 0.337 e. The number of anilines is 1. The summed E-state index contributed by atoms with van der Waals surface area (Å²) in [7, 11) is -1.97. The second kappa shape index (κ2) is 12.2. The molecule has 37 heavy (non-hydrogen) atoms. The number of benzene rings is 3. The zero-order valence-corrected chi connectivity index (χ0v) is 22.0. The van der Waals surface area contributed by atoms with E-state index in [1.807, 2.05) is 0 Å². The van der Waals surface area contributed by atoms with Crippen LogP contribution in [-0.2, 0) is 30.7 Å². The number of carbonyl (C=O) groups excluding carboxylic acids is 3. The molecule has 0 aliphatic rings. The minimum Gasteiger partial charge on any atom is -0.465 e. The summed E-state index contributed by atoms with van der Waals surface area (Å²) in [5, 5.41) is 2.62. The van der Waals surface area contributed by atoms with Gasteiger partial charge in [0.15, 0.2) is 0 Å². The van der Waals surface area contributed by atoms with Gasteiger partial charge < -0.3 is 14.8 Å². The lowest BCUT2D eigenvalue weighted by Gasteiger charge is -2.20. The molecular formula is C25H22Cl2N2O7S. The summed E-state index contributed by atoms with van der Waals surface area (Å²) in [5.41, 5.74) is 0.672. The Hall–Kier alpha value is -3.44. The quantitative estimate of drug-likeness (QED) is 0.374. The van der Waals surface area contributed by atoms with Gasteiger partial charge in [-0.05, 0) is 48.4 Å². The first-order valence-corrected chi connectivity index (χ1v) is 12.9. The van der Waals surface area contributed by atoms with Crippen molar-refractivity contribution >= 4 is 56.8 Å². The normalized spacial score (nSPS) is 11.9. The molecule has 194 valence electrons. The van der Waals surface area contributed by atoms with Gasteiger partial charge >= 0.3 is 11.9 Å². The fourth-order valence-electron chi connectivity index (χ4n) is 3.37. The van der Waals surface area contributed by atoms with E-state index in [1.54, 1.807) is 30.3 Å². The number of methoxy groups -OCH3 is 2. The van der Waals surface area contributed by atoms with Gasteiger partial charge in [-0.15, -0.1) is 0 Å². The van der Waals surface area contributed by atoms with Crippen LogP contribution in [0.4, 0.5) is 5.69 Å². The molecule has 0 aliphatic heterocycles. The van der Waals surface area contributed by atoms with E-state index in [2.05, 4.69) is 10.0 Å². The maximum absolute atomic E-state index is 13.3. The third-order valence-electron chi connectivity index (χ3n) is 5.12. The molecule has 12 heteroatoms. The molecule has 1 atom stereocenters. The van der Waals surface area contributed by atoms with Crippen LogP contribution in [0, 0.1) is 0 Å². The predicted octanol–water partition coefficient (Wildman–Crippen LogP) is 4.09. The summed E-state index contributed by atoms with van der Waals surface area (Å²) in [4.78, 5) is 37.2. The Balaban J connectivity index is 1.98. The third kappa shape index (κ3) is 7.30. The number of hydrogen-bond donors (Lipinski definition) is 2. The van der Waals surface area contributed by atoms with Crippen molar-refractivity contribution in [3.63, 3.8) is 0 Å². The second-order valence-electron chi connectivity index (χ2n) is 7.71. The second-order valence-corrected chi connectivity index (χ2v) is 10.2. The summed E-state index contributed by atoms with van der Waals surface area (Å²) >= 11 is 12.0. The van der Waals surface area contributed by atoms with Crippen molar-refractivity contribution in [2.24, 2.45) is 0 Å². The Labute approximate surface area is 223 Å². The van der Waals surface area contributed by atoms with Gasteiger partial charge in [0.05, 0.1) is 30.4 Å². The number of carbonyl (C=O) groups is 3. The van der Waals surface area contributed by atoms with Gasteiger partial charge in [-0.1, -0.05) is 53.5 Å². The Bertz CT molecular complexity index is 1400. The van der Waals surface area contributed by atoms with E-state index in [0.29, 0.717) is 5.56 Å². The maximum atomic E-state index is 13.3. The fourth-order valence-corrected chi connectivity index (χ4v) is 5.33. The first kappa shape index (κ1) is 28.1. The zero-order valence-electron chi connectivity index (χ0n) is 19.7. The largest absolute Gasteiger partial charge is 0.465 e. The fraction of sp³-hybridized carbons (Fsp3) is 0.160. The number of sulfonamides is 1. The van der Waals surface area contributed by atoms with Gasteiger partial charge in [0, 0.05) is 10.7 Å². The van der Waals surface area contributed by atoms with Crippen LogP contribution >= 0.6 is 23.2 Å². The van der Waals surface area contributed by atoms with Gasteiger partial charge in [0.25, 0.3) is 0 Å². The zero-order chi connectivity index (χ0) is 27.2. The number of rotatable bonds is 9. The van der Waals surface area contributed by atoms with Crippen molar-refractivity contribution in [1.29, 1.82) is 0 Å². The standard InChI is InChI=1S/C25H22Cl2N2O7S/c1-35-24(31)16-11-17(25(32)36-2)13-19(12-16)28-23(30)21(10-15-6-4-3-5-7-15)29-37(33,34)22-14-18(26)8-9-20(22)27/h3-9,11-14,21,29H,10H2,1-2H3,(H,28,30)/t21-/m1/s1. The average Bonchev–Trinajstić information content (AvgIpc) is 2.88. The molecule has 0 aromatic heterocycles. The lowest BCUT2D eigenvalue weighted by atomic mass is 10.1. The Morgan fingerprint density at radius 1 is 0.865 bits per heavy atom. The minimum atomic E-state index is -4.30. The lowest BCUT2D eigenvalue weighted by Crippen LogP contribution is -2.45. The van der Waals surface area contributed by atoms with Crippen molar-refractivity contribution in [2.75, 3.05) is 19.5 Å². The average molecular weight is 565 g/mol. The molecule has 0 saturated carbocycles. The highest BCUT2D eigenvalue weighted by atomic mass is 35.5. The van der Waals surface area contributed by atoms with Crippen LogP contribution < -0.4 is 10.0 Å². The highest BCUT2D eigenvalue weighted by Gasteiger charge is 2.28. The Morgan fingerprint density at radius 3 is 2.03 bits per heavy atom. The van der Waals surface area contributed by atoms with E-state index in [0.717, 1.165) is 14.2 Å². The molecule has 0 saturated heterocycles. The molecule has 0 heterocycles. The molecule has 2 N–H and O–H groups in total. The van der Waals surface area contributed by atoms with Crippen LogP contribution in [0.1, 0.15) is 26.3 Å². The van der Waals surface area contributed by atoms with Gasteiger partial charge in [-0.25, -0.2) is 18.0 Å². The van der Waals surface area contributed by atoms with Crippen molar-refractivity contribution < 1.29 is 32.3 Å². The minimum absolute atomic E-state index is 0.0217. The van der Waals surface area contributed by atoms with Gasteiger partial charge in [-0.2, -0.15) is 4.72 Å². The molecule has 0 aliphatic carbocycles. The number of amides is 1. The van der Waals surface area contributed by atoms with Gasteiger partial charge in [0.1, 0.15) is 10.9 Å². The molecule has 1 amide bonds. The van der Waals surface area contributed by atoms with E-state index in [9.17, 15) is 22.8 Å². The molecule has 0 spiro atoms. The van der Waals surface area contributed by atoms with Crippen molar-refractivity contribution in [2.45, 2.75) is 17.4 Å².